The van der Waals surface area contributed by atoms with Crippen LogP contribution in [0.3, 0.4) is 0 Å². The molecule has 1 aliphatic carbocycles. The van der Waals surface area contributed by atoms with Gasteiger partial charge in [0.2, 0.25) is 5.91 Å². The second-order valence-electron chi connectivity index (χ2n) is 13.5. The first-order valence-corrected chi connectivity index (χ1v) is 16.4. The van der Waals surface area contributed by atoms with Crippen molar-refractivity contribution in [1.29, 1.82) is 0 Å². The molecule has 3 aromatic carbocycles. The Hall–Kier alpha value is -4.79. The maximum absolute atomic E-state index is 14.4. The number of benzene rings is 3. The van der Waals surface area contributed by atoms with Crippen molar-refractivity contribution in [3.05, 3.63) is 95.7 Å². The van der Waals surface area contributed by atoms with E-state index in [0.717, 1.165) is 53.1 Å². The quantitative estimate of drug-likeness (QED) is 0.266. The van der Waals surface area contributed by atoms with Crippen molar-refractivity contribution in [2.75, 3.05) is 25.1 Å². The lowest BCUT2D eigenvalue weighted by atomic mass is 9.65. The second kappa shape index (κ2) is 13.1. The van der Waals surface area contributed by atoms with Gasteiger partial charge in [0.05, 0.1) is 36.2 Å². The van der Waals surface area contributed by atoms with Gasteiger partial charge >= 0.3 is 6.09 Å². The van der Waals surface area contributed by atoms with Crippen LogP contribution in [0.5, 0.6) is 11.5 Å². The fraction of sp³-hybridized carbons (Fsp3) is 0.395. The van der Waals surface area contributed by atoms with Crippen LogP contribution >= 0.6 is 0 Å². The third-order valence-electron chi connectivity index (χ3n) is 9.16. The number of hydrogen-bond acceptors (Lipinski definition) is 7. The number of amides is 2. The van der Waals surface area contributed by atoms with E-state index in [1.807, 2.05) is 86.3 Å². The summed E-state index contributed by atoms with van der Waals surface area (Å²) >= 11 is 0. The van der Waals surface area contributed by atoms with Gasteiger partial charge < -0.3 is 29.7 Å². The van der Waals surface area contributed by atoms with Gasteiger partial charge in [0.15, 0.2) is 0 Å². The summed E-state index contributed by atoms with van der Waals surface area (Å²) < 4.78 is 17.8. The molecule has 2 amide bonds. The zero-order valence-electron chi connectivity index (χ0n) is 27.7. The SMILES string of the molecule is COc1ccc(CN2C(=O)C3(CCC3)c3cc(C(C=CN)=Nc4ccccc4)cc(OC4CCN(C(=O)OC(C)(C)C)CC4)c32)cc1. The number of nitrogens with two attached hydrogens (primary N) is 1. The number of aliphatic imine (C=N–C) groups is 1. The van der Waals surface area contributed by atoms with Gasteiger partial charge in [0.1, 0.15) is 23.2 Å². The molecular weight excluding hydrogens is 592 g/mol. The zero-order valence-corrected chi connectivity index (χ0v) is 27.7. The molecule has 6 rings (SSSR count). The lowest BCUT2D eigenvalue weighted by Crippen LogP contribution is -2.45. The predicted octanol–water partition coefficient (Wildman–Crippen LogP) is 7.04. The highest BCUT2D eigenvalue weighted by Gasteiger charge is 2.55. The molecule has 0 radical (unpaired) electrons. The number of piperidine rings is 1. The Balaban J connectivity index is 1.39. The average molecular weight is 637 g/mol. The number of likely N-dealkylation sites (tertiary alicyclic amines) is 1. The van der Waals surface area contributed by atoms with Crippen molar-refractivity contribution >= 4 is 29.1 Å². The summed E-state index contributed by atoms with van der Waals surface area (Å²) in [6.07, 6.45) is 6.66. The molecule has 0 bridgehead atoms. The zero-order chi connectivity index (χ0) is 33.2. The number of carbonyl (C=O) groups is 2. The third kappa shape index (κ3) is 6.70. The fourth-order valence-electron chi connectivity index (χ4n) is 6.63. The molecule has 0 unspecified atom stereocenters. The number of hydrogen-bond donors (Lipinski definition) is 1. The Labute approximate surface area is 277 Å². The van der Waals surface area contributed by atoms with Crippen LogP contribution in [0.2, 0.25) is 0 Å². The minimum absolute atomic E-state index is 0.104. The van der Waals surface area contributed by atoms with Crippen LogP contribution in [0.15, 0.2) is 84.0 Å². The highest BCUT2D eigenvalue weighted by Crippen LogP contribution is 2.57. The van der Waals surface area contributed by atoms with E-state index in [-0.39, 0.29) is 18.1 Å². The average Bonchev–Trinajstić information content (AvgIpc) is 3.29. The summed E-state index contributed by atoms with van der Waals surface area (Å²) in [7, 11) is 1.64. The number of fused-ring (bicyclic) bond motifs is 2. The molecule has 47 heavy (non-hydrogen) atoms. The van der Waals surface area contributed by atoms with Crippen LogP contribution in [0.4, 0.5) is 16.2 Å². The van der Waals surface area contributed by atoms with Crippen molar-refractivity contribution in [2.24, 2.45) is 10.7 Å². The van der Waals surface area contributed by atoms with Crippen LogP contribution in [0.1, 0.15) is 69.6 Å². The molecule has 2 heterocycles. The Morgan fingerprint density at radius 3 is 2.34 bits per heavy atom. The van der Waals surface area contributed by atoms with Gasteiger partial charge in [-0.3, -0.25) is 4.79 Å². The molecular formula is C38H44N4O5. The van der Waals surface area contributed by atoms with Crippen LogP contribution in [-0.2, 0) is 21.5 Å². The van der Waals surface area contributed by atoms with Gasteiger partial charge in [0, 0.05) is 31.5 Å². The van der Waals surface area contributed by atoms with Gasteiger partial charge in [0.25, 0.3) is 0 Å². The third-order valence-corrected chi connectivity index (χ3v) is 9.16. The number of rotatable bonds is 8. The van der Waals surface area contributed by atoms with E-state index >= 15 is 0 Å². The highest BCUT2D eigenvalue weighted by atomic mass is 16.6. The van der Waals surface area contributed by atoms with Crippen LogP contribution < -0.4 is 20.1 Å². The number of methoxy groups -OCH3 is 1. The molecule has 2 N–H and O–H groups in total. The molecule has 3 aromatic rings. The first-order valence-electron chi connectivity index (χ1n) is 16.4. The molecule has 2 aliphatic heterocycles. The Morgan fingerprint density at radius 2 is 1.74 bits per heavy atom. The summed E-state index contributed by atoms with van der Waals surface area (Å²) in [5.74, 6) is 1.51. The molecule has 246 valence electrons. The fourth-order valence-corrected chi connectivity index (χ4v) is 6.63. The summed E-state index contributed by atoms with van der Waals surface area (Å²) in [5.41, 5.74) is 9.89. The monoisotopic (exact) mass is 636 g/mol. The van der Waals surface area contributed by atoms with Gasteiger partial charge in [-0.25, -0.2) is 9.79 Å². The molecule has 1 saturated carbocycles. The van der Waals surface area contributed by atoms with Crippen LogP contribution in [0.25, 0.3) is 0 Å². The summed E-state index contributed by atoms with van der Waals surface area (Å²) in [5, 5.41) is 0. The van der Waals surface area contributed by atoms with Crippen LogP contribution in [-0.4, -0.2) is 54.5 Å². The van der Waals surface area contributed by atoms with E-state index < -0.39 is 11.0 Å². The maximum atomic E-state index is 14.4. The van der Waals surface area contributed by atoms with E-state index in [0.29, 0.717) is 43.9 Å². The molecule has 0 atom stereocenters. The molecule has 3 aliphatic rings. The van der Waals surface area contributed by atoms with Gasteiger partial charge in [-0.15, -0.1) is 0 Å². The summed E-state index contributed by atoms with van der Waals surface area (Å²) in [6.45, 7) is 7.08. The summed E-state index contributed by atoms with van der Waals surface area (Å²) in [6, 6.07) is 21.7. The van der Waals surface area contributed by atoms with Crippen molar-refractivity contribution < 1.29 is 23.8 Å². The minimum Gasteiger partial charge on any atom is -0.497 e. The first-order chi connectivity index (χ1) is 22.6. The van der Waals surface area contributed by atoms with Crippen molar-refractivity contribution in [3.8, 4) is 11.5 Å². The topological polar surface area (TPSA) is 107 Å². The van der Waals surface area contributed by atoms with E-state index in [1.54, 1.807) is 18.1 Å². The smallest absolute Gasteiger partial charge is 0.410 e. The number of anilines is 1. The van der Waals surface area contributed by atoms with Gasteiger partial charge in [-0.1, -0.05) is 36.8 Å². The summed E-state index contributed by atoms with van der Waals surface area (Å²) in [4.78, 5) is 35.7. The Morgan fingerprint density at radius 1 is 1.04 bits per heavy atom. The van der Waals surface area contributed by atoms with Gasteiger partial charge in [-0.05, 0) is 93.4 Å². The lowest BCUT2D eigenvalue weighted by molar-refractivity contribution is -0.126. The second-order valence-corrected chi connectivity index (χ2v) is 13.5. The van der Waals surface area contributed by atoms with E-state index in [2.05, 4.69) is 6.07 Å². The highest BCUT2D eigenvalue weighted by molar-refractivity contribution is 6.14. The van der Waals surface area contributed by atoms with Gasteiger partial charge in [-0.2, -0.15) is 0 Å². The molecule has 1 saturated heterocycles. The Kier molecular flexibility index (Phi) is 8.99. The number of ether oxygens (including phenoxy) is 3. The number of nitrogens with zero attached hydrogens (tertiary/aromatic N) is 3. The standard InChI is InChI=1S/C38H44N4O5/c1-37(2,3)47-36(44)41-21-16-30(17-22-41)46-33-24-27(32(15-20-39)40-28-9-6-5-7-10-28)23-31-34(33)42(35(43)38(31)18-8-19-38)25-26-11-13-29(45-4)14-12-26/h5-7,9-15,20,23-24,30H,8,16-19,21-22,25,39H2,1-4H3. The minimum atomic E-state index is -0.597. The van der Waals surface area contributed by atoms with Crippen molar-refractivity contribution in [2.45, 2.75) is 76.5 Å². The molecule has 9 heteroatoms. The molecule has 9 nitrogen and oxygen atoms in total. The van der Waals surface area contributed by atoms with Crippen LogP contribution in [0, 0.1) is 0 Å². The lowest BCUT2D eigenvalue weighted by Gasteiger charge is -2.37. The largest absolute Gasteiger partial charge is 0.497 e. The van der Waals surface area contributed by atoms with E-state index in [4.69, 9.17) is 24.9 Å². The Bertz CT molecular complexity index is 1660. The number of allylic oxidation sites excluding steroid dienone is 1. The maximum Gasteiger partial charge on any atom is 0.410 e. The normalized spacial score (nSPS) is 18.0. The predicted molar refractivity (Wildman–Crippen MR) is 184 cm³/mol. The molecule has 1 spiro atoms. The van der Waals surface area contributed by atoms with E-state index in [1.165, 1.54) is 6.20 Å². The number of para-hydroxylation sites is 1. The molecule has 2 fully saturated rings. The van der Waals surface area contributed by atoms with E-state index in [9.17, 15) is 9.59 Å². The number of carbonyl (C=O) groups excluding carboxylic acids is 2. The molecule has 0 aromatic heterocycles. The van der Waals surface area contributed by atoms with Crippen molar-refractivity contribution in [1.82, 2.24) is 4.90 Å². The first kappa shape index (κ1) is 32.2. The van der Waals surface area contributed by atoms with Crippen molar-refractivity contribution in [3.63, 3.8) is 0 Å².